The molecule has 0 aliphatic carbocycles. The second kappa shape index (κ2) is 9.31. The molecule has 0 radical (unpaired) electrons. The Morgan fingerprint density at radius 3 is 2.46 bits per heavy atom. The molecule has 2 aliphatic rings. The number of likely N-dealkylation sites (tertiary alicyclic amines) is 2. The topological polar surface area (TPSA) is 82.2 Å². The van der Waals surface area contributed by atoms with Crippen LogP contribution in [0.2, 0.25) is 0 Å². The first-order chi connectivity index (χ1) is 16.8. The fourth-order valence-electron chi connectivity index (χ4n) is 5.08. The summed E-state index contributed by atoms with van der Waals surface area (Å²) in [5.74, 6) is 0.323. The fourth-order valence-corrected chi connectivity index (χ4v) is 5.08. The SMILES string of the molecule is O=C(c1ccc(C(F)(F)F)cc1)N1CCCC(C(=O)N2CCCC(c3nc4ccncc4[nH]3)C2)C1. The number of fused-ring (bicyclic) bond motifs is 1. The molecule has 2 aromatic heterocycles. The van der Waals surface area contributed by atoms with Crippen LogP contribution >= 0.6 is 0 Å². The average molecular weight is 486 g/mol. The van der Waals surface area contributed by atoms with Gasteiger partial charge in [-0.3, -0.25) is 14.6 Å². The number of pyridine rings is 1. The number of halogens is 3. The van der Waals surface area contributed by atoms with Crippen molar-refractivity contribution in [2.24, 2.45) is 5.92 Å². The summed E-state index contributed by atoms with van der Waals surface area (Å²) in [5.41, 5.74) is 1.13. The molecule has 0 saturated carbocycles. The van der Waals surface area contributed by atoms with Crippen LogP contribution in [-0.2, 0) is 11.0 Å². The van der Waals surface area contributed by atoms with Crippen LogP contribution in [0.25, 0.3) is 11.0 Å². The van der Waals surface area contributed by atoms with E-state index in [0.717, 1.165) is 41.8 Å². The van der Waals surface area contributed by atoms with E-state index < -0.39 is 11.7 Å². The number of nitrogens with zero attached hydrogens (tertiary/aromatic N) is 4. The van der Waals surface area contributed by atoms with Gasteiger partial charge in [0.15, 0.2) is 0 Å². The Morgan fingerprint density at radius 2 is 1.71 bits per heavy atom. The number of carbonyl (C=O) groups is 2. The van der Waals surface area contributed by atoms with Gasteiger partial charge >= 0.3 is 6.18 Å². The number of benzene rings is 1. The molecule has 3 aromatic rings. The molecule has 7 nitrogen and oxygen atoms in total. The van der Waals surface area contributed by atoms with Crippen molar-refractivity contribution in [2.75, 3.05) is 26.2 Å². The summed E-state index contributed by atoms with van der Waals surface area (Å²) in [7, 11) is 0. The van der Waals surface area contributed by atoms with E-state index in [1.165, 1.54) is 12.1 Å². The molecule has 2 aliphatic heterocycles. The van der Waals surface area contributed by atoms with E-state index in [-0.39, 0.29) is 35.8 Å². The van der Waals surface area contributed by atoms with Crippen LogP contribution in [0.5, 0.6) is 0 Å². The maximum Gasteiger partial charge on any atom is 0.416 e. The lowest BCUT2D eigenvalue weighted by molar-refractivity contribution is -0.138. The van der Waals surface area contributed by atoms with Crippen molar-refractivity contribution in [1.82, 2.24) is 24.8 Å². The zero-order valence-electron chi connectivity index (χ0n) is 19.1. The molecular formula is C25H26F3N5O2. The molecule has 1 N–H and O–H groups in total. The molecule has 2 atom stereocenters. The molecule has 2 amide bonds. The number of rotatable bonds is 3. The van der Waals surface area contributed by atoms with E-state index in [1.807, 2.05) is 11.0 Å². The Kier molecular flexibility index (Phi) is 6.21. The first-order valence-corrected chi connectivity index (χ1v) is 11.8. The van der Waals surface area contributed by atoms with E-state index in [1.54, 1.807) is 17.3 Å². The van der Waals surface area contributed by atoms with E-state index >= 15 is 0 Å². The minimum atomic E-state index is -4.45. The lowest BCUT2D eigenvalue weighted by Crippen LogP contribution is -2.49. The molecule has 2 fully saturated rings. The predicted octanol–water partition coefficient (Wildman–Crippen LogP) is 4.24. The van der Waals surface area contributed by atoms with Crippen molar-refractivity contribution in [3.05, 3.63) is 59.7 Å². The number of alkyl halides is 3. The van der Waals surface area contributed by atoms with E-state index in [9.17, 15) is 22.8 Å². The number of nitrogens with one attached hydrogen (secondary N) is 1. The lowest BCUT2D eigenvalue weighted by Gasteiger charge is -2.38. The van der Waals surface area contributed by atoms with Gasteiger partial charge in [-0.25, -0.2) is 4.98 Å². The van der Waals surface area contributed by atoms with Gasteiger partial charge < -0.3 is 14.8 Å². The summed E-state index contributed by atoms with van der Waals surface area (Å²) in [6, 6.07) is 6.10. The molecule has 4 heterocycles. The van der Waals surface area contributed by atoms with Crippen molar-refractivity contribution in [3.8, 4) is 0 Å². The number of imidazole rings is 1. The first-order valence-electron chi connectivity index (χ1n) is 11.8. The highest BCUT2D eigenvalue weighted by Gasteiger charge is 2.35. The van der Waals surface area contributed by atoms with Crippen LogP contribution in [0.1, 0.15) is 53.3 Å². The summed E-state index contributed by atoms with van der Waals surface area (Å²) in [5, 5.41) is 0. The molecule has 35 heavy (non-hydrogen) atoms. The number of amides is 2. The van der Waals surface area contributed by atoms with Crippen LogP contribution in [0.4, 0.5) is 13.2 Å². The number of carbonyl (C=O) groups excluding carboxylic acids is 2. The Balaban J connectivity index is 1.24. The minimum Gasteiger partial charge on any atom is -0.342 e. The standard InChI is InChI=1S/C25H26F3N5O2/c26-25(27,28)19-7-5-16(6-8-19)23(34)33-12-2-4-18(15-33)24(35)32-11-1-3-17(14-32)22-30-20-9-10-29-13-21(20)31-22/h5-10,13,17-18H,1-4,11-12,14-15H2,(H,30,31). The maximum atomic E-state index is 13.4. The summed E-state index contributed by atoms with van der Waals surface area (Å²) in [6.07, 6.45) is 2.15. The molecule has 184 valence electrons. The summed E-state index contributed by atoms with van der Waals surface area (Å²) in [4.78, 5) is 41.9. The van der Waals surface area contributed by atoms with Crippen LogP contribution < -0.4 is 0 Å². The molecular weight excluding hydrogens is 459 g/mol. The molecule has 2 saturated heterocycles. The zero-order chi connectivity index (χ0) is 24.6. The van der Waals surface area contributed by atoms with Gasteiger partial charge in [0.1, 0.15) is 5.82 Å². The van der Waals surface area contributed by atoms with E-state index in [4.69, 9.17) is 0 Å². The Bertz CT molecular complexity index is 1190. The number of hydrogen-bond acceptors (Lipinski definition) is 4. The second-order valence-electron chi connectivity index (χ2n) is 9.30. The second-order valence-corrected chi connectivity index (χ2v) is 9.30. The zero-order valence-corrected chi connectivity index (χ0v) is 19.1. The third kappa shape index (κ3) is 4.87. The van der Waals surface area contributed by atoms with Gasteiger partial charge in [-0.2, -0.15) is 13.2 Å². The molecule has 0 spiro atoms. The van der Waals surface area contributed by atoms with Crippen LogP contribution in [-0.4, -0.2) is 62.7 Å². The molecule has 1 aromatic carbocycles. The fraction of sp³-hybridized carbons (Fsp3) is 0.440. The van der Waals surface area contributed by atoms with Crippen molar-refractivity contribution in [1.29, 1.82) is 0 Å². The third-order valence-corrected chi connectivity index (χ3v) is 6.94. The largest absolute Gasteiger partial charge is 0.416 e. The van der Waals surface area contributed by atoms with Gasteiger partial charge in [-0.05, 0) is 56.0 Å². The number of piperidine rings is 2. The predicted molar refractivity (Wildman–Crippen MR) is 123 cm³/mol. The molecule has 10 heteroatoms. The van der Waals surface area contributed by atoms with E-state index in [2.05, 4.69) is 15.0 Å². The van der Waals surface area contributed by atoms with Crippen LogP contribution in [0.3, 0.4) is 0 Å². The minimum absolute atomic E-state index is 0.0254. The molecule has 2 unspecified atom stereocenters. The van der Waals surface area contributed by atoms with Gasteiger partial charge in [0, 0.05) is 43.9 Å². The summed E-state index contributed by atoms with van der Waals surface area (Å²) in [6.45, 7) is 1.99. The summed E-state index contributed by atoms with van der Waals surface area (Å²) < 4.78 is 38.5. The van der Waals surface area contributed by atoms with E-state index in [0.29, 0.717) is 32.5 Å². The van der Waals surface area contributed by atoms with Gasteiger partial charge in [-0.1, -0.05) is 0 Å². The summed E-state index contributed by atoms with van der Waals surface area (Å²) >= 11 is 0. The number of aromatic nitrogens is 3. The van der Waals surface area contributed by atoms with Gasteiger partial charge in [0.25, 0.3) is 5.91 Å². The highest BCUT2D eigenvalue weighted by atomic mass is 19.4. The van der Waals surface area contributed by atoms with Crippen molar-refractivity contribution in [2.45, 2.75) is 37.8 Å². The molecule has 5 rings (SSSR count). The van der Waals surface area contributed by atoms with Crippen molar-refractivity contribution in [3.63, 3.8) is 0 Å². The van der Waals surface area contributed by atoms with Crippen molar-refractivity contribution >= 4 is 22.8 Å². The number of hydrogen-bond donors (Lipinski definition) is 1. The Labute approximate surface area is 200 Å². The van der Waals surface area contributed by atoms with Crippen LogP contribution in [0.15, 0.2) is 42.7 Å². The molecule has 0 bridgehead atoms. The highest BCUT2D eigenvalue weighted by molar-refractivity contribution is 5.94. The van der Waals surface area contributed by atoms with Gasteiger partial charge in [-0.15, -0.1) is 0 Å². The Hall–Kier alpha value is -3.43. The smallest absolute Gasteiger partial charge is 0.342 e. The van der Waals surface area contributed by atoms with Crippen LogP contribution in [0, 0.1) is 5.92 Å². The average Bonchev–Trinajstić information content (AvgIpc) is 3.32. The number of aromatic amines is 1. The lowest BCUT2D eigenvalue weighted by atomic mass is 9.92. The quantitative estimate of drug-likeness (QED) is 0.602. The Morgan fingerprint density at radius 1 is 0.971 bits per heavy atom. The maximum absolute atomic E-state index is 13.4. The monoisotopic (exact) mass is 485 g/mol. The van der Waals surface area contributed by atoms with Gasteiger partial charge in [0.05, 0.1) is 28.7 Å². The highest BCUT2D eigenvalue weighted by Crippen LogP contribution is 2.31. The third-order valence-electron chi connectivity index (χ3n) is 6.94. The number of H-pyrrole nitrogens is 1. The van der Waals surface area contributed by atoms with Gasteiger partial charge in [0.2, 0.25) is 5.91 Å². The van der Waals surface area contributed by atoms with Crippen molar-refractivity contribution < 1.29 is 22.8 Å². The normalized spacial score (nSPS) is 21.3. The first kappa shape index (κ1) is 23.3.